The van der Waals surface area contributed by atoms with Crippen LogP contribution in [0, 0.1) is 0 Å². The van der Waals surface area contributed by atoms with Crippen molar-refractivity contribution >= 4 is 11.0 Å². The fourth-order valence-corrected chi connectivity index (χ4v) is 1.18. The molecule has 2 nitrogen and oxygen atoms in total. The summed E-state index contributed by atoms with van der Waals surface area (Å²) < 4.78 is 17.3. The molecule has 62 valence electrons. The molecule has 1 N–H and O–H groups in total. The van der Waals surface area contributed by atoms with E-state index in [9.17, 15) is 4.39 Å². The molecule has 1 aromatic carbocycles. The van der Waals surface area contributed by atoms with Gasteiger partial charge in [0.2, 0.25) is 0 Å². The van der Waals surface area contributed by atoms with Crippen LogP contribution >= 0.6 is 0 Å². The Balaban J connectivity index is 2.73. The molecule has 1 aromatic heterocycles. The average molecular weight is 166 g/mol. The van der Waals surface area contributed by atoms with Gasteiger partial charge >= 0.3 is 0 Å². The Labute approximate surface area is 68.2 Å². The lowest BCUT2D eigenvalue weighted by molar-refractivity contribution is 0.474. The minimum Gasteiger partial charge on any atom is -0.508 e. The predicted octanol–water partition coefficient (Wildman–Crippen LogP) is 2.61. The quantitative estimate of drug-likeness (QED) is 0.706. The summed E-state index contributed by atoms with van der Waals surface area (Å²) in [7, 11) is 0. The van der Waals surface area contributed by atoms with E-state index in [1.807, 2.05) is 0 Å². The highest BCUT2D eigenvalue weighted by Crippen LogP contribution is 2.25. The molecule has 0 unspecified atom stereocenters. The number of halogens is 1. The summed E-state index contributed by atoms with van der Waals surface area (Å²) >= 11 is 0. The Hall–Kier alpha value is -1.51. The molecule has 0 amide bonds. The van der Waals surface area contributed by atoms with Crippen LogP contribution < -0.4 is 0 Å². The number of alkyl halides is 1. The van der Waals surface area contributed by atoms with E-state index in [1.165, 1.54) is 18.4 Å². The van der Waals surface area contributed by atoms with Gasteiger partial charge in [0.25, 0.3) is 0 Å². The van der Waals surface area contributed by atoms with Crippen LogP contribution in [-0.4, -0.2) is 5.11 Å². The lowest BCUT2D eigenvalue weighted by Gasteiger charge is -1.91. The molecule has 0 aliphatic rings. The molecule has 0 atom stereocenters. The first-order valence-electron chi connectivity index (χ1n) is 3.56. The first-order chi connectivity index (χ1) is 5.81. The van der Waals surface area contributed by atoms with E-state index in [4.69, 9.17) is 9.52 Å². The normalized spacial score (nSPS) is 10.8. The van der Waals surface area contributed by atoms with Crippen LogP contribution in [0.1, 0.15) is 5.56 Å². The Kier molecular flexibility index (Phi) is 1.50. The van der Waals surface area contributed by atoms with Crippen molar-refractivity contribution in [3.8, 4) is 5.75 Å². The van der Waals surface area contributed by atoms with Crippen LogP contribution in [-0.2, 0) is 6.67 Å². The minimum absolute atomic E-state index is 0.127. The molecule has 0 aliphatic heterocycles. The number of phenols is 1. The Morgan fingerprint density at radius 2 is 2.25 bits per heavy atom. The molecular weight excluding hydrogens is 159 g/mol. The second kappa shape index (κ2) is 2.52. The van der Waals surface area contributed by atoms with Gasteiger partial charge in [0, 0.05) is 17.0 Å². The summed E-state index contributed by atoms with van der Waals surface area (Å²) in [5, 5.41) is 9.78. The highest BCUT2D eigenvalue weighted by molar-refractivity contribution is 5.82. The SMILES string of the molecule is Oc1ccc2c(CF)coc2c1. The van der Waals surface area contributed by atoms with Gasteiger partial charge in [-0.05, 0) is 12.1 Å². The van der Waals surface area contributed by atoms with Crippen molar-refractivity contribution in [1.82, 2.24) is 0 Å². The highest BCUT2D eigenvalue weighted by Gasteiger charge is 2.04. The number of hydrogen-bond donors (Lipinski definition) is 1. The second-order valence-corrected chi connectivity index (χ2v) is 2.58. The molecule has 0 saturated carbocycles. The molecular formula is C9H7FO2. The lowest BCUT2D eigenvalue weighted by atomic mass is 10.2. The van der Waals surface area contributed by atoms with E-state index in [0.29, 0.717) is 11.1 Å². The lowest BCUT2D eigenvalue weighted by Crippen LogP contribution is -1.72. The molecule has 0 fully saturated rings. The van der Waals surface area contributed by atoms with Crippen molar-refractivity contribution in [2.75, 3.05) is 0 Å². The molecule has 0 bridgehead atoms. The van der Waals surface area contributed by atoms with E-state index in [2.05, 4.69) is 0 Å². The van der Waals surface area contributed by atoms with E-state index in [1.54, 1.807) is 6.07 Å². The minimum atomic E-state index is -0.544. The van der Waals surface area contributed by atoms with Crippen LogP contribution in [0.25, 0.3) is 11.0 Å². The number of rotatable bonds is 1. The average Bonchev–Trinajstić information content (AvgIpc) is 2.46. The largest absolute Gasteiger partial charge is 0.508 e. The van der Waals surface area contributed by atoms with Crippen molar-refractivity contribution in [2.24, 2.45) is 0 Å². The Morgan fingerprint density at radius 3 is 3.00 bits per heavy atom. The van der Waals surface area contributed by atoms with Crippen LogP contribution in [0.15, 0.2) is 28.9 Å². The zero-order valence-electron chi connectivity index (χ0n) is 6.25. The van der Waals surface area contributed by atoms with Crippen molar-refractivity contribution < 1.29 is 13.9 Å². The first-order valence-corrected chi connectivity index (χ1v) is 3.56. The maximum atomic E-state index is 12.3. The van der Waals surface area contributed by atoms with Gasteiger partial charge in [-0.3, -0.25) is 0 Å². The topological polar surface area (TPSA) is 33.4 Å². The standard InChI is InChI=1S/C9H7FO2/c10-4-6-5-12-9-3-7(11)1-2-8(6)9/h1-3,5,11H,4H2. The maximum Gasteiger partial charge on any atom is 0.137 e. The van der Waals surface area contributed by atoms with Gasteiger partial charge in [0.05, 0.1) is 6.26 Å². The van der Waals surface area contributed by atoms with Gasteiger partial charge in [0.1, 0.15) is 18.0 Å². The van der Waals surface area contributed by atoms with Crippen LogP contribution in [0.5, 0.6) is 5.75 Å². The van der Waals surface area contributed by atoms with Crippen molar-refractivity contribution in [2.45, 2.75) is 6.67 Å². The third-order valence-electron chi connectivity index (χ3n) is 1.78. The third kappa shape index (κ3) is 0.942. The zero-order chi connectivity index (χ0) is 8.55. The molecule has 0 spiro atoms. The zero-order valence-corrected chi connectivity index (χ0v) is 6.25. The van der Waals surface area contributed by atoms with Gasteiger partial charge in [-0.15, -0.1) is 0 Å². The predicted molar refractivity (Wildman–Crippen MR) is 42.7 cm³/mol. The van der Waals surface area contributed by atoms with Crippen molar-refractivity contribution in [3.05, 3.63) is 30.0 Å². The molecule has 1 heterocycles. The van der Waals surface area contributed by atoms with Gasteiger partial charge in [-0.1, -0.05) is 0 Å². The molecule has 0 radical (unpaired) electrons. The molecule has 0 saturated heterocycles. The summed E-state index contributed by atoms with van der Waals surface area (Å²) in [4.78, 5) is 0. The third-order valence-corrected chi connectivity index (χ3v) is 1.78. The molecule has 12 heavy (non-hydrogen) atoms. The van der Waals surface area contributed by atoms with E-state index in [0.717, 1.165) is 5.39 Å². The fourth-order valence-electron chi connectivity index (χ4n) is 1.18. The fraction of sp³-hybridized carbons (Fsp3) is 0.111. The summed E-state index contributed by atoms with van der Waals surface area (Å²) in [6.07, 6.45) is 1.37. The number of fused-ring (bicyclic) bond motifs is 1. The smallest absolute Gasteiger partial charge is 0.137 e. The van der Waals surface area contributed by atoms with Gasteiger partial charge < -0.3 is 9.52 Å². The Morgan fingerprint density at radius 1 is 1.42 bits per heavy atom. The van der Waals surface area contributed by atoms with E-state index >= 15 is 0 Å². The van der Waals surface area contributed by atoms with Crippen molar-refractivity contribution in [3.63, 3.8) is 0 Å². The summed E-state index contributed by atoms with van der Waals surface area (Å²) in [6, 6.07) is 4.62. The molecule has 2 rings (SSSR count). The molecule has 0 aliphatic carbocycles. The molecule has 3 heteroatoms. The van der Waals surface area contributed by atoms with E-state index < -0.39 is 6.67 Å². The number of benzene rings is 1. The first kappa shape index (κ1) is 7.16. The molecule has 2 aromatic rings. The maximum absolute atomic E-state index is 12.3. The van der Waals surface area contributed by atoms with Gasteiger partial charge in [-0.25, -0.2) is 4.39 Å². The summed E-state index contributed by atoms with van der Waals surface area (Å²) in [5.74, 6) is 0.127. The van der Waals surface area contributed by atoms with Crippen LogP contribution in [0.3, 0.4) is 0 Å². The van der Waals surface area contributed by atoms with Gasteiger partial charge in [0.15, 0.2) is 0 Å². The Bertz CT molecular complexity index is 406. The summed E-state index contributed by atoms with van der Waals surface area (Å²) in [5.41, 5.74) is 1.03. The van der Waals surface area contributed by atoms with Crippen LogP contribution in [0.4, 0.5) is 4.39 Å². The van der Waals surface area contributed by atoms with Gasteiger partial charge in [-0.2, -0.15) is 0 Å². The van der Waals surface area contributed by atoms with Crippen LogP contribution in [0.2, 0.25) is 0 Å². The van der Waals surface area contributed by atoms with E-state index in [-0.39, 0.29) is 5.75 Å². The monoisotopic (exact) mass is 166 g/mol. The second-order valence-electron chi connectivity index (χ2n) is 2.58. The van der Waals surface area contributed by atoms with Crippen molar-refractivity contribution in [1.29, 1.82) is 0 Å². The summed E-state index contributed by atoms with van der Waals surface area (Å²) in [6.45, 7) is -0.544. The number of furan rings is 1. The number of phenolic OH excluding ortho intramolecular Hbond substituents is 1. The number of hydrogen-bond acceptors (Lipinski definition) is 2. The number of aromatic hydroxyl groups is 1. The highest BCUT2D eigenvalue weighted by atomic mass is 19.1.